The van der Waals surface area contributed by atoms with Gasteiger partial charge in [0, 0.05) is 25.0 Å². The van der Waals surface area contributed by atoms with Gasteiger partial charge in [0.05, 0.1) is 0 Å². The number of aryl methyl sites for hydroxylation is 1. The van der Waals surface area contributed by atoms with E-state index in [1.165, 1.54) is 0 Å². The van der Waals surface area contributed by atoms with Gasteiger partial charge in [-0.15, -0.1) is 0 Å². The van der Waals surface area contributed by atoms with E-state index in [0.717, 1.165) is 16.7 Å². The van der Waals surface area contributed by atoms with Crippen molar-refractivity contribution >= 4 is 29.3 Å². The van der Waals surface area contributed by atoms with Gasteiger partial charge >= 0.3 is 12.3 Å². The van der Waals surface area contributed by atoms with Gasteiger partial charge in [-0.2, -0.15) is 13.2 Å². The summed E-state index contributed by atoms with van der Waals surface area (Å²) in [7, 11) is 0. The fourth-order valence-electron chi connectivity index (χ4n) is 3.28. The molecule has 0 saturated carbocycles. The van der Waals surface area contributed by atoms with Crippen LogP contribution in [0.3, 0.4) is 0 Å². The van der Waals surface area contributed by atoms with Crippen LogP contribution in [0.25, 0.3) is 0 Å². The highest BCUT2D eigenvalue weighted by atomic mass is 35.5. The van der Waals surface area contributed by atoms with Gasteiger partial charge < -0.3 is 15.0 Å². The number of carbonyl (C=O) groups excluding carboxylic acids is 1. The molecule has 2 aromatic rings. The van der Waals surface area contributed by atoms with Crippen molar-refractivity contribution in [2.24, 2.45) is 0 Å². The molecule has 0 aliphatic carbocycles. The Labute approximate surface area is 183 Å². The molecule has 2 heterocycles. The van der Waals surface area contributed by atoms with Crippen LogP contribution in [-0.4, -0.2) is 33.1 Å². The van der Waals surface area contributed by atoms with E-state index in [1.807, 2.05) is 39.8 Å². The largest absolute Gasteiger partial charge is 0.444 e. The summed E-state index contributed by atoms with van der Waals surface area (Å²) in [5.74, 6) is -0.0150. The molecule has 1 aliphatic heterocycles. The summed E-state index contributed by atoms with van der Waals surface area (Å²) in [6.07, 6.45) is -3.01. The van der Waals surface area contributed by atoms with Crippen LogP contribution < -0.4 is 5.32 Å². The number of rotatable bonds is 3. The Hall–Kier alpha value is -2.55. The summed E-state index contributed by atoms with van der Waals surface area (Å²) < 4.78 is 44.1. The smallest absolute Gasteiger partial charge is 0.420 e. The van der Waals surface area contributed by atoms with E-state index in [9.17, 15) is 18.0 Å². The first-order valence-electron chi connectivity index (χ1n) is 9.86. The van der Waals surface area contributed by atoms with Gasteiger partial charge in [0.25, 0.3) is 0 Å². The lowest BCUT2D eigenvalue weighted by Gasteiger charge is -2.32. The van der Waals surface area contributed by atoms with Crippen molar-refractivity contribution in [1.29, 1.82) is 0 Å². The number of hydrogen-bond donors (Lipinski definition) is 1. The lowest BCUT2D eigenvalue weighted by atomic mass is 9.95. The number of nitrogens with one attached hydrogen (secondary N) is 1. The Kier molecular flexibility index (Phi) is 6.36. The van der Waals surface area contributed by atoms with Gasteiger partial charge in [-0.05, 0) is 56.4 Å². The van der Waals surface area contributed by atoms with E-state index in [1.54, 1.807) is 4.90 Å². The molecule has 1 aliphatic rings. The molecule has 1 amide bonds. The lowest BCUT2D eigenvalue weighted by Crippen LogP contribution is -2.40. The second kappa shape index (κ2) is 8.53. The van der Waals surface area contributed by atoms with Gasteiger partial charge in [0.15, 0.2) is 0 Å². The van der Waals surface area contributed by atoms with Crippen LogP contribution in [0.2, 0.25) is 5.15 Å². The predicted octanol–water partition coefficient (Wildman–Crippen LogP) is 5.75. The minimum Gasteiger partial charge on any atom is -0.444 e. The minimum atomic E-state index is -4.62. The molecule has 31 heavy (non-hydrogen) atoms. The first kappa shape index (κ1) is 23.1. The first-order chi connectivity index (χ1) is 14.4. The number of ether oxygens (including phenoxy) is 1. The van der Waals surface area contributed by atoms with E-state index >= 15 is 0 Å². The topological polar surface area (TPSA) is 67.4 Å². The maximum absolute atomic E-state index is 12.9. The van der Waals surface area contributed by atoms with Gasteiger partial charge in [0.1, 0.15) is 16.3 Å². The van der Waals surface area contributed by atoms with Crippen molar-refractivity contribution in [2.75, 3.05) is 11.9 Å². The molecule has 0 radical (unpaired) electrons. The number of aromatic nitrogens is 2. The molecule has 0 atom stereocenters. The Bertz CT molecular complexity index is 990. The molecule has 1 aromatic heterocycles. The molecular weight excluding hydrogens is 433 g/mol. The third-order valence-electron chi connectivity index (χ3n) is 4.76. The van der Waals surface area contributed by atoms with Crippen LogP contribution >= 0.6 is 11.6 Å². The number of hydrogen-bond acceptors (Lipinski definition) is 5. The van der Waals surface area contributed by atoms with Crippen molar-refractivity contribution in [3.05, 3.63) is 45.7 Å². The summed E-state index contributed by atoms with van der Waals surface area (Å²) in [6.45, 7) is 8.38. The Morgan fingerprint density at radius 1 is 1.26 bits per heavy atom. The van der Waals surface area contributed by atoms with Gasteiger partial charge in [0.2, 0.25) is 5.95 Å². The lowest BCUT2D eigenvalue weighted by molar-refractivity contribution is -0.137. The van der Waals surface area contributed by atoms with Crippen LogP contribution in [0.1, 0.15) is 49.9 Å². The van der Waals surface area contributed by atoms with Gasteiger partial charge in [-0.25, -0.2) is 14.8 Å². The van der Waals surface area contributed by atoms with Gasteiger partial charge in [-0.3, -0.25) is 0 Å². The van der Waals surface area contributed by atoms with E-state index in [4.69, 9.17) is 16.3 Å². The standard InChI is InChI=1S/C21H24ClF3N4O2/c1-5-12-8-14-11-29(19(30)31-20(2,3)4)7-6-13(14)9-16(12)27-18-26-10-15(17(22)28-18)21(23,24)25/h8-10H,5-7,11H2,1-4H3,(H,26,27,28). The third kappa shape index (κ3) is 5.58. The molecule has 10 heteroatoms. The normalized spacial score (nSPS) is 14.3. The number of fused-ring (bicyclic) bond motifs is 1. The Morgan fingerprint density at radius 3 is 2.55 bits per heavy atom. The van der Waals surface area contributed by atoms with E-state index < -0.39 is 22.5 Å². The SMILES string of the molecule is CCc1cc2c(cc1Nc1ncc(C(F)(F)F)c(Cl)n1)CCN(C(=O)OC(C)(C)C)C2. The highest BCUT2D eigenvalue weighted by Gasteiger charge is 2.34. The molecule has 3 rings (SSSR count). The molecule has 168 valence electrons. The molecule has 0 bridgehead atoms. The number of amides is 1. The highest BCUT2D eigenvalue weighted by Crippen LogP contribution is 2.34. The van der Waals surface area contributed by atoms with Crippen LogP contribution in [-0.2, 0) is 30.3 Å². The number of alkyl halides is 3. The van der Waals surface area contributed by atoms with Crippen molar-refractivity contribution in [3.63, 3.8) is 0 Å². The zero-order chi connectivity index (χ0) is 23.0. The average molecular weight is 457 g/mol. The summed E-state index contributed by atoms with van der Waals surface area (Å²) >= 11 is 5.70. The number of halogens is 4. The van der Waals surface area contributed by atoms with Crippen molar-refractivity contribution in [2.45, 2.75) is 58.9 Å². The summed E-state index contributed by atoms with van der Waals surface area (Å²) in [4.78, 5) is 21.6. The Balaban J connectivity index is 1.82. The molecule has 0 saturated heterocycles. The minimum absolute atomic E-state index is 0.0150. The maximum atomic E-state index is 12.9. The summed E-state index contributed by atoms with van der Waals surface area (Å²) in [6, 6.07) is 3.91. The van der Waals surface area contributed by atoms with Crippen LogP contribution in [0.5, 0.6) is 0 Å². The fraction of sp³-hybridized carbons (Fsp3) is 0.476. The predicted molar refractivity (Wildman–Crippen MR) is 111 cm³/mol. The number of carbonyl (C=O) groups is 1. The molecule has 0 unspecified atom stereocenters. The number of nitrogens with zero attached hydrogens (tertiary/aromatic N) is 3. The Morgan fingerprint density at radius 2 is 1.97 bits per heavy atom. The summed E-state index contributed by atoms with van der Waals surface area (Å²) in [5.41, 5.74) is 2.02. The summed E-state index contributed by atoms with van der Waals surface area (Å²) in [5, 5.41) is 2.32. The van der Waals surface area contributed by atoms with Crippen molar-refractivity contribution in [3.8, 4) is 0 Å². The fourth-order valence-corrected chi connectivity index (χ4v) is 3.52. The monoisotopic (exact) mass is 456 g/mol. The number of anilines is 2. The van der Waals surface area contributed by atoms with E-state index in [2.05, 4.69) is 15.3 Å². The first-order valence-corrected chi connectivity index (χ1v) is 10.2. The second-order valence-electron chi connectivity index (χ2n) is 8.30. The highest BCUT2D eigenvalue weighted by molar-refractivity contribution is 6.30. The van der Waals surface area contributed by atoms with Crippen molar-refractivity contribution < 1.29 is 22.7 Å². The molecule has 6 nitrogen and oxygen atoms in total. The molecule has 1 N–H and O–H groups in total. The number of benzene rings is 1. The van der Waals surface area contributed by atoms with Crippen LogP contribution in [0.4, 0.5) is 29.6 Å². The molecule has 0 spiro atoms. The zero-order valence-corrected chi connectivity index (χ0v) is 18.5. The maximum Gasteiger partial charge on any atom is 0.420 e. The van der Waals surface area contributed by atoms with Gasteiger partial charge in [-0.1, -0.05) is 24.6 Å². The quantitative estimate of drug-likeness (QED) is 0.596. The van der Waals surface area contributed by atoms with E-state index in [0.29, 0.717) is 37.8 Å². The van der Waals surface area contributed by atoms with Crippen LogP contribution in [0, 0.1) is 0 Å². The van der Waals surface area contributed by atoms with Crippen molar-refractivity contribution in [1.82, 2.24) is 14.9 Å². The zero-order valence-electron chi connectivity index (χ0n) is 17.7. The molecular formula is C21H24ClF3N4O2. The van der Waals surface area contributed by atoms with Crippen LogP contribution in [0.15, 0.2) is 18.3 Å². The third-order valence-corrected chi connectivity index (χ3v) is 5.05. The second-order valence-corrected chi connectivity index (χ2v) is 8.66. The van der Waals surface area contributed by atoms with E-state index in [-0.39, 0.29) is 12.0 Å². The molecule has 1 aromatic carbocycles. The average Bonchev–Trinajstić information content (AvgIpc) is 2.64. The molecule has 0 fully saturated rings.